The van der Waals surface area contributed by atoms with E-state index in [-0.39, 0.29) is 5.57 Å². The molecule has 6 nitrogen and oxygen atoms in total. The van der Waals surface area contributed by atoms with Gasteiger partial charge in [-0.3, -0.25) is 4.79 Å². The maximum atomic E-state index is 12.3. The molecule has 1 amide bonds. The molecule has 0 unspecified atom stereocenters. The third-order valence-corrected chi connectivity index (χ3v) is 5.12. The molecular formula is C28H24N4O2. The Morgan fingerprint density at radius 2 is 1.79 bits per heavy atom. The van der Waals surface area contributed by atoms with Crippen LogP contribution >= 0.6 is 0 Å². The van der Waals surface area contributed by atoms with Gasteiger partial charge in [-0.2, -0.15) is 10.4 Å². The van der Waals surface area contributed by atoms with Gasteiger partial charge in [0.1, 0.15) is 29.7 Å². The van der Waals surface area contributed by atoms with Crippen molar-refractivity contribution < 1.29 is 9.53 Å². The second-order valence-corrected chi connectivity index (χ2v) is 7.54. The molecule has 34 heavy (non-hydrogen) atoms. The summed E-state index contributed by atoms with van der Waals surface area (Å²) in [4.78, 5) is 12.3. The molecule has 4 rings (SSSR count). The van der Waals surface area contributed by atoms with E-state index in [1.165, 1.54) is 0 Å². The highest BCUT2D eigenvalue weighted by Crippen LogP contribution is 2.29. The lowest BCUT2D eigenvalue weighted by molar-refractivity contribution is -0.116. The Labute approximate surface area is 198 Å². The van der Waals surface area contributed by atoms with Crippen molar-refractivity contribution in [3.8, 4) is 28.8 Å². The van der Waals surface area contributed by atoms with Gasteiger partial charge in [-0.1, -0.05) is 60.7 Å². The summed E-state index contributed by atoms with van der Waals surface area (Å²) in [5.74, 6) is 0.290. The predicted octanol–water partition coefficient (Wildman–Crippen LogP) is 5.16. The number of nitriles is 1. The third kappa shape index (κ3) is 5.40. The van der Waals surface area contributed by atoms with E-state index in [2.05, 4.69) is 5.32 Å². The lowest BCUT2D eigenvalue weighted by atomic mass is 10.1. The molecule has 0 bridgehead atoms. The van der Waals surface area contributed by atoms with Crippen molar-refractivity contribution in [2.24, 2.45) is 0 Å². The Hall–Kier alpha value is -4.63. The molecule has 0 aliphatic heterocycles. The second-order valence-electron chi connectivity index (χ2n) is 7.54. The van der Waals surface area contributed by atoms with Gasteiger partial charge in [-0.25, -0.2) is 4.68 Å². The minimum Gasteiger partial charge on any atom is -0.489 e. The Bertz CT molecular complexity index is 1340. The molecule has 0 aliphatic carbocycles. The van der Waals surface area contributed by atoms with Crippen LogP contribution in [0.5, 0.6) is 5.75 Å². The summed E-state index contributed by atoms with van der Waals surface area (Å²) >= 11 is 0. The molecule has 0 fully saturated rings. The molecule has 0 radical (unpaired) electrons. The number of nitrogens with zero attached hydrogens (tertiary/aromatic N) is 3. The Balaban J connectivity index is 1.72. The van der Waals surface area contributed by atoms with Crippen LogP contribution in [0, 0.1) is 11.3 Å². The number of amides is 1. The Morgan fingerprint density at radius 3 is 2.50 bits per heavy atom. The molecule has 0 saturated heterocycles. The molecule has 1 N–H and O–H groups in total. The van der Waals surface area contributed by atoms with Crippen LogP contribution in [0.1, 0.15) is 18.1 Å². The van der Waals surface area contributed by atoms with E-state index in [9.17, 15) is 10.1 Å². The zero-order chi connectivity index (χ0) is 23.8. The summed E-state index contributed by atoms with van der Waals surface area (Å²) in [7, 11) is 0. The molecule has 4 aromatic rings. The van der Waals surface area contributed by atoms with Gasteiger partial charge < -0.3 is 10.1 Å². The average molecular weight is 449 g/mol. The molecule has 3 aromatic carbocycles. The largest absolute Gasteiger partial charge is 0.489 e. The van der Waals surface area contributed by atoms with Gasteiger partial charge in [0.15, 0.2) is 0 Å². The molecular weight excluding hydrogens is 424 g/mol. The quantitative estimate of drug-likeness (QED) is 0.298. The SMILES string of the molecule is CCNC(=O)C(C#N)=Cc1cn(-c2ccccc2)nc1-c1cccc(OCc2ccccc2)c1. The average Bonchev–Trinajstić information content (AvgIpc) is 3.31. The highest BCUT2D eigenvalue weighted by atomic mass is 16.5. The fraction of sp³-hybridized carbons (Fsp3) is 0.107. The number of para-hydroxylation sites is 1. The molecule has 0 aliphatic rings. The number of aromatic nitrogens is 2. The minimum atomic E-state index is -0.414. The highest BCUT2D eigenvalue weighted by molar-refractivity contribution is 6.02. The molecule has 1 aromatic heterocycles. The van der Waals surface area contributed by atoms with Crippen LogP contribution in [0.3, 0.4) is 0 Å². The smallest absolute Gasteiger partial charge is 0.261 e. The van der Waals surface area contributed by atoms with Crippen LogP contribution in [0.15, 0.2) is 96.7 Å². The fourth-order valence-electron chi connectivity index (χ4n) is 3.46. The maximum absolute atomic E-state index is 12.3. The summed E-state index contributed by atoms with van der Waals surface area (Å²) in [6, 6.07) is 29.3. The molecule has 0 atom stereocenters. The van der Waals surface area contributed by atoms with Gasteiger partial charge >= 0.3 is 0 Å². The Kier molecular flexibility index (Phi) is 7.16. The van der Waals surface area contributed by atoms with Crippen molar-refractivity contribution >= 4 is 12.0 Å². The van der Waals surface area contributed by atoms with Gasteiger partial charge in [0.05, 0.1) is 5.69 Å². The minimum absolute atomic E-state index is 0.0205. The lowest BCUT2D eigenvalue weighted by Gasteiger charge is -2.08. The van der Waals surface area contributed by atoms with E-state index >= 15 is 0 Å². The van der Waals surface area contributed by atoms with Gasteiger partial charge in [0.25, 0.3) is 5.91 Å². The van der Waals surface area contributed by atoms with Gasteiger partial charge in [-0.05, 0) is 42.8 Å². The lowest BCUT2D eigenvalue weighted by Crippen LogP contribution is -2.23. The zero-order valence-electron chi connectivity index (χ0n) is 18.8. The van der Waals surface area contributed by atoms with E-state index in [1.54, 1.807) is 10.8 Å². The molecule has 1 heterocycles. The first-order chi connectivity index (χ1) is 16.7. The maximum Gasteiger partial charge on any atom is 0.261 e. The summed E-state index contributed by atoms with van der Waals surface area (Å²) in [6.07, 6.45) is 3.39. The second kappa shape index (κ2) is 10.8. The number of hydrogen-bond donors (Lipinski definition) is 1. The van der Waals surface area contributed by atoms with Gasteiger partial charge in [-0.15, -0.1) is 0 Å². The standard InChI is InChI=1S/C28H24N4O2/c1-2-30-28(33)23(18-29)16-24-19-32(25-13-7-4-8-14-25)31-27(24)22-12-9-15-26(17-22)34-20-21-10-5-3-6-11-21/h3-17,19H,2,20H2,1H3,(H,30,33). The predicted molar refractivity (Wildman–Crippen MR) is 132 cm³/mol. The van der Waals surface area contributed by atoms with E-state index in [0.717, 1.165) is 16.8 Å². The van der Waals surface area contributed by atoms with E-state index in [1.807, 2.05) is 104 Å². The number of hydrogen-bond acceptors (Lipinski definition) is 4. The van der Waals surface area contributed by atoms with Gasteiger partial charge in [0, 0.05) is 23.9 Å². The number of rotatable bonds is 8. The van der Waals surface area contributed by atoms with Crippen molar-refractivity contribution in [2.75, 3.05) is 6.54 Å². The first-order valence-electron chi connectivity index (χ1n) is 11.0. The third-order valence-electron chi connectivity index (χ3n) is 5.12. The summed E-state index contributed by atoms with van der Waals surface area (Å²) in [5, 5.41) is 17.0. The monoisotopic (exact) mass is 448 g/mol. The summed E-state index contributed by atoms with van der Waals surface area (Å²) in [6.45, 7) is 2.70. The normalized spacial score (nSPS) is 11.0. The highest BCUT2D eigenvalue weighted by Gasteiger charge is 2.15. The van der Waals surface area contributed by atoms with Crippen LogP contribution < -0.4 is 10.1 Å². The number of nitrogens with one attached hydrogen (secondary N) is 1. The number of carbonyl (C=O) groups is 1. The molecule has 168 valence electrons. The van der Waals surface area contributed by atoms with E-state index in [4.69, 9.17) is 9.84 Å². The van der Waals surface area contributed by atoms with Crippen LogP contribution in [0.4, 0.5) is 0 Å². The first-order valence-corrected chi connectivity index (χ1v) is 11.0. The van der Waals surface area contributed by atoms with Gasteiger partial charge in [0.2, 0.25) is 0 Å². The van der Waals surface area contributed by atoms with Crippen LogP contribution in [-0.2, 0) is 11.4 Å². The number of carbonyl (C=O) groups excluding carboxylic acids is 1. The van der Waals surface area contributed by atoms with Crippen molar-refractivity contribution in [3.05, 3.63) is 108 Å². The molecule has 0 saturated carbocycles. The van der Waals surface area contributed by atoms with Crippen LogP contribution in [0.2, 0.25) is 0 Å². The number of likely N-dealkylation sites (N-methyl/N-ethyl adjacent to an activating group) is 1. The first kappa shape index (κ1) is 22.6. The summed E-state index contributed by atoms with van der Waals surface area (Å²) < 4.78 is 7.73. The van der Waals surface area contributed by atoms with Crippen molar-refractivity contribution in [1.82, 2.24) is 15.1 Å². The molecule has 0 spiro atoms. The van der Waals surface area contributed by atoms with Crippen molar-refractivity contribution in [1.29, 1.82) is 5.26 Å². The number of benzene rings is 3. The van der Waals surface area contributed by atoms with Crippen LogP contribution in [-0.4, -0.2) is 22.2 Å². The topological polar surface area (TPSA) is 79.9 Å². The zero-order valence-corrected chi connectivity index (χ0v) is 18.8. The van der Waals surface area contributed by atoms with E-state index < -0.39 is 5.91 Å². The summed E-state index contributed by atoms with van der Waals surface area (Å²) in [5.41, 5.74) is 4.09. The Morgan fingerprint density at radius 1 is 1.06 bits per heavy atom. The van der Waals surface area contributed by atoms with Crippen molar-refractivity contribution in [3.63, 3.8) is 0 Å². The van der Waals surface area contributed by atoms with E-state index in [0.29, 0.717) is 30.2 Å². The fourth-order valence-corrected chi connectivity index (χ4v) is 3.46. The van der Waals surface area contributed by atoms with Crippen LogP contribution in [0.25, 0.3) is 23.0 Å². The number of ether oxygens (including phenoxy) is 1. The van der Waals surface area contributed by atoms with Crippen molar-refractivity contribution in [2.45, 2.75) is 13.5 Å². The molecule has 6 heteroatoms.